The smallest absolute Gasteiger partial charge is 0.397 e. The number of ether oxygens (including phenoxy) is 18. The molecule has 9 aliphatic rings. The molecule has 0 radical (unpaired) electrons. The number of carbonyl (C=O) groups is 7. The largest absolute Gasteiger partial charge is 0.477 e. The highest BCUT2D eigenvalue weighted by Crippen LogP contribution is 2.42. The van der Waals surface area contributed by atoms with E-state index in [4.69, 9.17) is 85.3 Å². The van der Waals surface area contributed by atoms with E-state index < -0.39 is 437 Å². The average molecular weight is 2060 g/mol. The first kappa shape index (κ1) is 117. The first-order valence-corrected chi connectivity index (χ1v) is 44.7. The lowest BCUT2D eigenvalue weighted by molar-refractivity contribution is -0.398. The number of carboxylic acids is 1. The van der Waals surface area contributed by atoms with Gasteiger partial charge >= 0.3 is 16.4 Å². The molecule has 0 saturated carbocycles. The Morgan fingerprint density at radius 1 is 0.360 bits per heavy atom. The van der Waals surface area contributed by atoms with Crippen LogP contribution in [0.3, 0.4) is 0 Å². The number of aliphatic hydroxyl groups excluding tert-OH is 27. The lowest BCUT2D eigenvalue weighted by Gasteiger charge is -2.51. The number of aliphatic hydroxyl groups is 27. The number of amides is 6. The number of nitrogens with one attached hydrogen (secondary N) is 6. The van der Waals surface area contributed by atoms with Gasteiger partial charge in [-0.2, -0.15) is 8.42 Å². The number of carbonyl (C=O) groups excluding carboxylic acids is 6. The molecule has 139 heavy (non-hydrogen) atoms. The Morgan fingerprint density at radius 2 is 0.712 bits per heavy atom. The van der Waals surface area contributed by atoms with Gasteiger partial charge in [0.2, 0.25) is 35.4 Å². The van der Waals surface area contributed by atoms with E-state index in [2.05, 4.69) is 36.1 Å². The van der Waals surface area contributed by atoms with Crippen molar-refractivity contribution in [3.63, 3.8) is 0 Å². The van der Waals surface area contributed by atoms with Crippen molar-refractivity contribution in [2.75, 3.05) is 72.7 Å². The third kappa shape index (κ3) is 27.8. The minimum Gasteiger partial charge on any atom is -0.477 e. The minimum atomic E-state index is -5.47. The Kier molecular flexibility index (Phi) is 43.0. The van der Waals surface area contributed by atoms with Crippen LogP contribution in [0.15, 0.2) is 0 Å². The second-order valence-electron chi connectivity index (χ2n) is 34.2. The molecule has 9 aliphatic heterocycles. The summed E-state index contributed by atoms with van der Waals surface area (Å²) in [4.78, 5) is 89.4. The predicted molar refractivity (Wildman–Crippen MR) is 429 cm³/mol. The van der Waals surface area contributed by atoms with Gasteiger partial charge in [0.1, 0.15) is 232 Å². The van der Waals surface area contributed by atoms with E-state index in [-0.39, 0.29) is 0 Å². The van der Waals surface area contributed by atoms with E-state index >= 15 is 0 Å². The summed E-state index contributed by atoms with van der Waals surface area (Å²) in [5, 5.41) is 329. The Hall–Kier alpha value is -5.64. The highest BCUT2D eigenvalue weighted by atomic mass is 32.3. The van der Waals surface area contributed by atoms with Crippen molar-refractivity contribution in [2.24, 2.45) is 0 Å². The van der Waals surface area contributed by atoms with E-state index in [1.807, 2.05) is 0 Å². The van der Waals surface area contributed by atoms with Crippen molar-refractivity contribution in [3.05, 3.63) is 0 Å². The quantitative estimate of drug-likeness (QED) is 0.0252. The van der Waals surface area contributed by atoms with E-state index in [1.54, 1.807) is 0 Å². The van der Waals surface area contributed by atoms with Gasteiger partial charge in [-0.1, -0.05) is 0 Å². The number of hydrogen-bond acceptors (Lipinski definition) is 55. The fourth-order valence-electron chi connectivity index (χ4n) is 17.2. The number of carboxylic acid groups (broad SMARTS) is 1. The van der Waals surface area contributed by atoms with Crippen molar-refractivity contribution in [1.82, 2.24) is 31.9 Å². The topological polar surface area (TPSA) is 988 Å². The summed E-state index contributed by atoms with van der Waals surface area (Å²) in [5.41, 5.74) is 0. The normalized spacial score (nSPS) is 43.1. The van der Waals surface area contributed by atoms with Crippen LogP contribution in [0.1, 0.15) is 48.0 Å². The van der Waals surface area contributed by atoms with Gasteiger partial charge in [0.05, 0.1) is 90.9 Å². The molecule has 0 aromatic heterocycles. The van der Waals surface area contributed by atoms with Crippen LogP contribution >= 0.6 is 0 Å². The summed E-state index contributed by atoms with van der Waals surface area (Å²) in [7, 11) is -5.47. The molecule has 0 unspecified atom stereocenters. The zero-order valence-electron chi connectivity index (χ0n) is 74.6. The maximum absolute atomic E-state index is 13.2. The Bertz CT molecular complexity index is 4050. The Labute approximate surface area is 786 Å². The average Bonchev–Trinajstić information content (AvgIpc) is 0.767. The molecule has 0 aromatic rings. The molecule has 63 nitrogen and oxygen atoms in total. The minimum absolute atomic E-state index is 0.854. The summed E-state index contributed by atoms with van der Waals surface area (Å²) >= 11 is 0. The molecule has 9 saturated heterocycles. The van der Waals surface area contributed by atoms with Crippen LogP contribution in [-0.2, 0) is 133 Å². The second kappa shape index (κ2) is 51.1. The molecule has 0 aliphatic carbocycles. The molecule has 0 bridgehead atoms. The number of aliphatic carboxylic acids is 1. The van der Waals surface area contributed by atoms with Gasteiger partial charge in [-0.15, -0.1) is 0 Å². The van der Waals surface area contributed by atoms with E-state index in [0.29, 0.717) is 0 Å². The Morgan fingerprint density at radius 3 is 1.12 bits per heavy atom. The van der Waals surface area contributed by atoms with Crippen molar-refractivity contribution < 1.29 is 279 Å². The molecule has 9 heterocycles. The SMILES string of the molecule is CC(=O)N[C@H]1[C@H](O[C@H]2[C@H](O)[C@@H](NC(C)=O)[C@H](O[C@@H]3[C@@H](O[C@@H]4[C@H](O)[C@H](O[C@H]5[C@H](O)[C@@H](NC(C)=O)[C@H](O[C@@H]([C@H](O)[C@H](CO)NC(C)=O)[C@H](O)CO)O[C@@H]5CO)O[C@H](CO[C@H]5O[C@H](CO)[C@@H](O)[C@H](O)[C@@H]5O[C@@H]5O[C@H](CO)[C@@H](O[C@@H]6O[C@H](CO[C@]7(C(=O)O)C[C@H](O)[C@@H](NC(C)=O)[C@H]([C@H](O)[C@H](O)CO)O7)[C@H](O)[C@H](O)[C@H]6O)[C@H](O)[C@H]5NC(C)=O)[C@H]4O)O[C@H](CO)[C@@H](O)[C@@H]3O)O[C@@H]2CO)O[C@H](CO)[C@H](OS(=O)(=O)O)[C@@H]1O. The van der Waals surface area contributed by atoms with Crippen LogP contribution in [0.4, 0.5) is 0 Å². The summed E-state index contributed by atoms with van der Waals surface area (Å²) in [6.07, 6.45) is -99.1. The summed E-state index contributed by atoms with van der Waals surface area (Å²) in [6.45, 7) is -8.31. The fraction of sp³-hybridized carbons (Fsp3) is 0.907. The lowest BCUT2D eigenvalue weighted by atomic mass is 9.88. The first-order valence-electron chi connectivity index (χ1n) is 43.3. The second-order valence-corrected chi connectivity index (χ2v) is 35.2. The van der Waals surface area contributed by atoms with Gasteiger partial charge in [-0.05, 0) is 0 Å². The maximum Gasteiger partial charge on any atom is 0.397 e. The molecule has 0 spiro atoms. The summed E-state index contributed by atoms with van der Waals surface area (Å²) in [6, 6.07) is -11.7. The fourth-order valence-corrected chi connectivity index (χ4v) is 17.7. The van der Waals surface area contributed by atoms with Crippen LogP contribution in [-0.4, -0.2) is 576 Å². The molecule has 0 aromatic carbocycles. The van der Waals surface area contributed by atoms with Crippen LogP contribution < -0.4 is 31.9 Å². The molecule has 35 N–H and O–H groups in total. The first-order chi connectivity index (χ1) is 65.3. The predicted octanol–water partition coefficient (Wildman–Crippen LogP) is -23.3. The number of hydrogen-bond donors (Lipinski definition) is 35. The third-order valence-corrected chi connectivity index (χ3v) is 24.6. The van der Waals surface area contributed by atoms with Crippen molar-refractivity contribution in [3.8, 4) is 0 Å². The van der Waals surface area contributed by atoms with Crippen LogP contribution in [0.2, 0.25) is 0 Å². The van der Waals surface area contributed by atoms with Crippen molar-refractivity contribution in [2.45, 2.75) is 354 Å². The van der Waals surface area contributed by atoms with E-state index in [9.17, 15) is 190 Å². The van der Waals surface area contributed by atoms with Gasteiger partial charge in [-0.3, -0.25) is 33.3 Å². The van der Waals surface area contributed by atoms with Gasteiger partial charge in [0, 0.05) is 48.0 Å². The van der Waals surface area contributed by atoms with Gasteiger partial charge < -0.3 is 260 Å². The van der Waals surface area contributed by atoms with Gasteiger partial charge in [0.15, 0.2) is 50.3 Å². The zero-order valence-corrected chi connectivity index (χ0v) is 75.4. The Balaban J connectivity index is 1.05. The zero-order chi connectivity index (χ0) is 103. The highest BCUT2D eigenvalue weighted by Gasteiger charge is 2.63. The monoisotopic (exact) mass is 2050 g/mol. The molecular weight excluding hydrogens is 1930 g/mol. The van der Waals surface area contributed by atoms with E-state index in [1.165, 1.54) is 0 Å². The third-order valence-electron chi connectivity index (χ3n) is 24.1. The summed E-state index contributed by atoms with van der Waals surface area (Å²) in [5.74, 6) is -11.0. The molecule has 9 fully saturated rings. The standard InChI is InChI=1S/C75H126N6O57S/c1-19(91)76-25(8-82)42(100)57(28(99)10-84)130-66-38(78-21(3)93)49(107)60(33(15-89)124-66)133-71-56(114)63(134-73-65(54(112)45(103)30(12-86)123-73)136-69-39(79-22(4)94)48(106)58(31(13-87)125-69)131-67-41(81-24(6)96)51(109)61(34(16-90)127-67)138-139(117,118)119)47(105)35(128-71)17-120-72-64(53(111)44(102)29(11-85)122-72)135-68-40(80-23(5)95)50(108)59(32(14-88)126-68)132-70-55(113)52(110)46(104)36(129-70)18-121-75(74(115)116)7-26(97)37(77-20(2)92)62(137-75)43(101)27(98)9-83/h25-73,82-90,97-114H,7-18H2,1-6H3,(H,76,91)(H,77,92)(H,78,93)(H,79,94)(H,80,95)(H,81,96)(H,115,116)(H,117,118,119)/t25-,26-,27+,28+,29+,30+,31+,32+,33+,34+,35+,36+,37+,38+,39+,40+,41+,42+,43+,44+,45+,46-,47+,48+,49+,50+,51+,52-,53-,54-,55+,56-,57+,58+,59+,60+,61-,62+,63-,64-,65-,66-,67-,68-,69-,70-,71-,72-,73+,75+/m0/s1. The lowest BCUT2D eigenvalue weighted by Crippen LogP contribution is -2.71. The van der Waals surface area contributed by atoms with E-state index in [0.717, 1.165) is 41.5 Å². The van der Waals surface area contributed by atoms with Gasteiger partial charge in [0.25, 0.3) is 5.79 Å². The highest BCUT2D eigenvalue weighted by molar-refractivity contribution is 7.80. The van der Waals surface area contributed by atoms with Gasteiger partial charge in [-0.25, -0.2) is 8.98 Å². The maximum atomic E-state index is 13.2. The van der Waals surface area contributed by atoms with Crippen LogP contribution in [0, 0.1) is 0 Å². The molecule has 64 heteroatoms. The molecule has 9 rings (SSSR count). The van der Waals surface area contributed by atoms with Crippen molar-refractivity contribution >= 4 is 51.8 Å². The molecule has 50 atom stereocenters. The molecule has 6 amide bonds. The summed E-state index contributed by atoms with van der Waals surface area (Å²) < 4.78 is 145. The van der Waals surface area contributed by atoms with Crippen LogP contribution in [0.25, 0.3) is 0 Å². The van der Waals surface area contributed by atoms with Crippen molar-refractivity contribution in [1.29, 1.82) is 0 Å². The molecular formula is C75H126N6O57S. The number of rotatable bonds is 43. The van der Waals surface area contributed by atoms with Crippen LogP contribution in [0.5, 0.6) is 0 Å². The molecule has 804 valence electrons.